The van der Waals surface area contributed by atoms with Crippen LogP contribution >= 0.6 is 24.0 Å². The molecule has 1 N–H and O–H groups in total. The Kier molecular flexibility index (Phi) is 13.5. The van der Waals surface area contributed by atoms with Gasteiger partial charge in [-0.05, 0) is 19.8 Å². The van der Waals surface area contributed by atoms with E-state index in [9.17, 15) is 8.78 Å². The van der Waals surface area contributed by atoms with Gasteiger partial charge >= 0.3 is 0 Å². The van der Waals surface area contributed by atoms with Gasteiger partial charge in [-0.15, -0.1) is 30.6 Å². The Hall–Kier alpha value is -0.400. The second kappa shape index (κ2) is 12.1. The van der Waals surface area contributed by atoms with Crippen LogP contribution in [0.3, 0.4) is 0 Å². The summed E-state index contributed by atoms with van der Waals surface area (Å²) in [6, 6.07) is 0. The molecule has 0 fully saturated rings. The minimum absolute atomic E-state index is 0. The van der Waals surface area contributed by atoms with Gasteiger partial charge in [-0.2, -0.15) is 0 Å². The van der Waals surface area contributed by atoms with E-state index in [1.54, 1.807) is 0 Å². The molecule has 0 aliphatic carbocycles. The minimum atomic E-state index is -2.39. The van der Waals surface area contributed by atoms with Gasteiger partial charge in [0, 0.05) is 20.1 Å². The summed E-state index contributed by atoms with van der Waals surface area (Å²) in [5, 5.41) is 2.98. The van der Waals surface area contributed by atoms with Crippen molar-refractivity contribution in [3.8, 4) is 0 Å². The lowest BCUT2D eigenvalue weighted by atomic mass is 10.3. The molecule has 0 aromatic heterocycles. The first-order valence-electron chi connectivity index (χ1n) is 5.50. The summed E-state index contributed by atoms with van der Waals surface area (Å²) in [4.78, 5) is 5.70. The number of rotatable bonds is 7. The van der Waals surface area contributed by atoms with E-state index < -0.39 is 13.0 Å². The Morgan fingerprint density at radius 1 is 1.53 bits per heavy atom. The van der Waals surface area contributed by atoms with Gasteiger partial charge in [-0.1, -0.05) is 6.08 Å². The fourth-order valence-corrected chi connectivity index (χ4v) is 1.20. The maximum atomic E-state index is 12.0. The number of hydrogen-bond acceptors (Lipinski definition) is 1. The van der Waals surface area contributed by atoms with Crippen molar-refractivity contribution >= 4 is 29.9 Å². The van der Waals surface area contributed by atoms with Crippen LogP contribution in [0.4, 0.5) is 8.78 Å². The molecule has 0 heterocycles. The number of guanidine groups is 1. The number of unbranched alkanes of at least 4 members (excludes halogenated alkanes) is 1. The van der Waals surface area contributed by atoms with E-state index in [1.807, 2.05) is 24.9 Å². The second-order valence-corrected chi connectivity index (χ2v) is 3.44. The molecule has 0 amide bonds. The summed E-state index contributed by atoms with van der Waals surface area (Å²) in [5.41, 5.74) is 0. The molecule has 6 heteroatoms. The molecule has 0 bridgehead atoms. The van der Waals surface area contributed by atoms with Crippen LogP contribution < -0.4 is 5.32 Å². The van der Waals surface area contributed by atoms with Crippen LogP contribution in [0.2, 0.25) is 0 Å². The Labute approximate surface area is 119 Å². The van der Waals surface area contributed by atoms with Gasteiger partial charge in [-0.25, -0.2) is 13.8 Å². The van der Waals surface area contributed by atoms with Crippen molar-refractivity contribution in [1.29, 1.82) is 0 Å². The molecule has 0 aromatic carbocycles. The van der Waals surface area contributed by atoms with E-state index in [4.69, 9.17) is 0 Å². The standard InChI is InChI=1S/C11H21F2N3.HI/c1-4-6-7-8-16(3)11(14-5-2)15-9-10(12)13;/h4,10H,1,5-9H2,2-3H3,(H,14,15);1H. The monoisotopic (exact) mass is 361 g/mol. The SMILES string of the molecule is C=CCCCN(C)C(=NCC(F)F)NCC.I. The summed E-state index contributed by atoms with van der Waals surface area (Å²) in [6.45, 7) is 6.55. The topological polar surface area (TPSA) is 27.6 Å². The molecule has 0 aliphatic rings. The van der Waals surface area contributed by atoms with E-state index in [-0.39, 0.29) is 24.0 Å². The molecule has 0 rings (SSSR count). The smallest absolute Gasteiger partial charge is 0.257 e. The van der Waals surface area contributed by atoms with Gasteiger partial charge in [-0.3, -0.25) is 0 Å². The number of halogens is 3. The lowest BCUT2D eigenvalue weighted by molar-refractivity contribution is 0.158. The number of aliphatic imine (C=N–C) groups is 1. The van der Waals surface area contributed by atoms with Gasteiger partial charge in [0.05, 0.1) is 0 Å². The van der Waals surface area contributed by atoms with Crippen LogP contribution in [0.15, 0.2) is 17.6 Å². The van der Waals surface area contributed by atoms with E-state index in [2.05, 4.69) is 16.9 Å². The largest absolute Gasteiger partial charge is 0.357 e. The van der Waals surface area contributed by atoms with Crippen molar-refractivity contribution in [1.82, 2.24) is 10.2 Å². The van der Waals surface area contributed by atoms with Crippen LogP contribution in [0.25, 0.3) is 0 Å². The zero-order chi connectivity index (χ0) is 12.4. The molecule has 0 saturated heterocycles. The van der Waals surface area contributed by atoms with Gasteiger partial charge in [0.1, 0.15) is 6.54 Å². The minimum Gasteiger partial charge on any atom is -0.357 e. The van der Waals surface area contributed by atoms with Crippen molar-refractivity contribution in [2.24, 2.45) is 4.99 Å². The highest BCUT2D eigenvalue weighted by atomic mass is 127. The summed E-state index contributed by atoms with van der Waals surface area (Å²) in [7, 11) is 1.84. The van der Waals surface area contributed by atoms with E-state index >= 15 is 0 Å². The fraction of sp³-hybridized carbons (Fsp3) is 0.727. The summed E-state index contributed by atoms with van der Waals surface area (Å²) in [5.74, 6) is 0.534. The molecule has 0 atom stereocenters. The first kappa shape index (κ1) is 19.0. The van der Waals surface area contributed by atoms with Crippen molar-refractivity contribution < 1.29 is 8.78 Å². The third-order valence-electron chi connectivity index (χ3n) is 1.98. The van der Waals surface area contributed by atoms with Crippen LogP contribution in [-0.4, -0.2) is 44.0 Å². The number of nitrogens with one attached hydrogen (secondary N) is 1. The molecular formula is C11H22F2IN3. The Morgan fingerprint density at radius 2 is 2.18 bits per heavy atom. The number of allylic oxidation sites excluding steroid dienone is 1. The predicted octanol–water partition coefficient (Wildman–Crippen LogP) is 2.73. The molecule has 0 radical (unpaired) electrons. The molecule has 102 valence electrons. The fourth-order valence-electron chi connectivity index (χ4n) is 1.20. The zero-order valence-electron chi connectivity index (χ0n) is 10.5. The maximum absolute atomic E-state index is 12.0. The molecule has 17 heavy (non-hydrogen) atoms. The average molecular weight is 361 g/mol. The normalized spacial score (nSPS) is 11.0. The highest BCUT2D eigenvalue weighted by Gasteiger charge is 2.06. The van der Waals surface area contributed by atoms with E-state index in [0.29, 0.717) is 12.5 Å². The quantitative estimate of drug-likeness (QED) is 0.248. The first-order valence-corrected chi connectivity index (χ1v) is 5.50. The van der Waals surface area contributed by atoms with Crippen molar-refractivity contribution in [2.45, 2.75) is 26.2 Å². The third-order valence-corrected chi connectivity index (χ3v) is 1.98. The van der Waals surface area contributed by atoms with Crippen LogP contribution in [-0.2, 0) is 0 Å². The van der Waals surface area contributed by atoms with Gasteiger partial charge in [0.2, 0.25) is 0 Å². The van der Waals surface area contributed by atoms with Gasteiger partial charge in [0.15, 0.2) is 5.96 Å². The first-order chi connectivity index (χ1) is 7.61. The molecule has 0 saturated carbocycles. The van der Waals surface area contributed by atoms with Crippen molar-refractivity contribution in [3.05, 3.63) is 12.7 Å². The Balaban J connectivity index is 0. The van der Waals surface area contributed by atoms with Crippen molar-refractivity contribution in [2.75, 3.05) is 26.7 Å². The molecule has 0 unspecified atom stereocenters. The average Bonchev–Trinajstić information content (AvgIpc) is 2.24. The van der Waals surface area contributed by atoms with E-state index in [1.165, 1.54) is 0 Å². The van der Waals surface area contributed by atoms with Crippen LogP contribution in [0, 0.1) is 0 Å². The van der Waals surface area contributed by atoms with Gasteiger partial charge in [0.25, 0.3) is 6.43 Å². The van der Waals surface area contributed by atoms with Gasteiger partial charge < -0.3 is 10.2 Å². The lowest BCUT2D eigenvalue weighted by Gasteiger charge is -2.21. The molecule has 0 aliphatic heterocycles. The molecule has 0 aromatic rings. The third kappa shape index (κ3) is 10.5. The summed E-state index contributed by atoms with van der Waals surface area (Å²) < 4.78 is 24.1. The summed E-state index contributed by atoms with van der Waals surface area (Å²) in [6.07, 6.45) is 1.31. The second-order valence-electron chi connectivity index (χ2n) is 3.44. The Bertz CT molecular complexity index is 223. The lowest BCUT2D eigenvalue weighted by Crippen LogP contribution is -2.39. The number of alkyl halides is 2. The maximum Gasteiger partial charge on any atom is 0.257 e. The Morgan fingerprint density at radius 3 is 2.65 bits per heavy atom. The number of nitrogens with zero attached hydrogens (tertiary/aromatic N) is 2. The zero-order valence-corrected chi connectivity index (χ0v) is 12.8. The molecule has 3 nitrogen and oxygen atoms in total. The molecule has 0 spiro atoms. The highest BCUT2D eigenvalue weighted by Crippen LogP contribution is 1.97. The van der Waals surface area contributed by atoms with Crippen LogP contribution in [0.1, 0.15) is 19.8 Å². The summed E-state index contributed by atoms with van der Waals surface area (Å²) >= 11 is 0. The van der Waals surface area contributed by atoms with Crippen LogP contribution in [0.5, 0.6) is 0 Å². The molecular weight excluding hydrogens is 339 g/mol. The van der Waals surface area contributed by atoms with E-state index in [0.717, 1.165) is 19.4 Å². The highest BCUT2D eigenvalue weighted by molar-refractivity contribution is 14.0. The predicted molar refractivity (Wildman–Crippen MR) is 79.5 cm³/mol. The van der Waals surface area contributed by atoms with Crippen molar-refractivity contribution in [3.63, 3.8) is 0 Å². The number of hydrogen-bond donors (Lipinski definition) is 1.